The van der Waals surface area contributed by atoms with Gasteiger partial charge in [-0.1, -0.05) is 152 Å². The van der Waals surface area contributed by atoms with E-state index in [4.69, 9.17) is 0 Å². The summed E-state index contributed by atoms with van der Waals surface area (Å²) in [6.45, 7) is 24.4. The van der Waals surface area contributed by atoms with Gasteiger partial charge in [0.2, 0.25) is 0 Å². The lowest BCUT2D eigenvalue weighted by Crippen LogP contribution is -2.61. The van der Waals surface area contributed by atoms with Crippen LogP contribution in [0.1, 0.15) is 108 Å². The van der Waals surface area contributed by atoms with E-state index in [1.165, 1.54) is 119 Å². The maximum Gasteiger partial charge on any atom is 0.252 e. The predicted molar refractivity (Wildman–Crippen MR) is 267 cm³/mol. The number of aryl methyl sites for hydroxylation is 2. The van der Waals surface area contributed by atoms with Gasteiger partial charge in [0.25, 0.3) is 6.71 Å². The first kappa shape index (κ1) is 39.1. The van der Waals surface area contributed by atoms with Crippen molar-refractivity contribution >= 4 is 57.2 Å². The summed E-state index contributed by atoms with van der Waals surface area (Å²) in [4.78, 5) is 5.29. The summed E-state index contributed by atoms with van der Waals surface area (Å²) in [7, 11) is 0. The van der Waals surface area contributed by atoms with E-state index in [0.717, 1.165) is 6.42 Å². The number of hydrogen-bond acceptors (Lipinski definition) is 2. The third kappa shape index (κ3) is 5.83. The minimum Gasteiger partial charge on any atom is -0.311 e. The Labute approximate surface area is 370 Å². The molecule has 0 unspecified atom stereocenters. The Balaban J connectivity index is 1.24. The molecule has 2 nitrogen and oxygen atoms in total. The van der Waals surface area contributed by atoms with E-state index in [9.17, 15) is 0 Å². The Morgan fingerprint density at radius 2 is 0.919 bits per heavy atom. The van der Waals surface area contributed by atoms with Crippen LogP contribution >= 0.6 is 0 Å². The highest BCUT2D eigenvalue weighted by molar-refractivity contribution is 7.00. The van der Waals surface area contributed by atoms with E-state index < -0.39 is 0 Å². The van der Waals surface area contributed by atoms with Crippen LogP contribution in [0.4, 0.5) is 34.1 Å². The van der Waals surface area contributed by atoms with Crippen molar-refractivity contribution in [1.82, 2.24) is 0 Å². The summed E-state index contributed by atoms with van der Waals surface area (Å²) in [5.41, 5.74) is 25.6. The molecule has 2 heterocycles. The van der Waals surface area contributed by atoms with Gasteiger partial charge in [0.15, 0.2) is 0 Å². The molecule has 11 rings (SSSR count). The predicted octanol–water partition coefficient (Wildman–Crippen LogP) is 14.0. The van der Waals surface area contributed by atoms with Crippen LogP contribution in [0.25, 0.3) is 22.3 Å². The fourth-order valence-corrected chi connectivity index (χ4v) is 12.3. The highest BCUT2D eigenvalue weighted by atomic mass is 15.2. The first-order valence-corrected chi connectivity index (χ1v) is 23.0. The molecule has 7 aromatic carbocycles. The van der Waals surface area contributed by atoms with E-state index >= 15 is 0 Å². The van der Waals surface area contributed by atoms with Crippen molar-refractivity contribution in [3.05, 3.63) is 173 Å². The van der Waals surface area contributed by atoms with E-state index in [1.807, 2.05) is 0 Å². The molecule has 0 aromatic heterocycles. The average Bonchev–Trinajstić information content (AvgIpc) is 3.43. The van der Waals surface area contributed by atoms with Gasteiger partial charge >= 0.3 is 0 Å². The van der Waals surface area contributed by atoms with Crippen LogP contribution in [0.2, 0.25) is 0 Å². The van der Waals surface area contributed by atoms with Gasteiger partial charge in [-0.3, -0.25) is 0 Å². The number of benzene rings is 7. The molecule has 3 heteroatoms. The van der Waals surface area contributed by atoms with E-state index in [2.05, 4.69) is 219 Å². The zero-order valence-corrected chi connectivity index (χ0v) is 38.4. The molecule has 0 amide bonds. The zero-order chi connectivity index (χ0) is 43.1. The molecular weight excluding hydrogens is 747 g/mol. The molecule has 0 saturated carbocycles. The van der Waals surface area contributed by atoms with E-state index in [0.29, 0.717) is 0 Å². The third-order valence-electron chi connectivity index (χ3n) is 15.4. The highest BCUT2D eigenvalue weighted by Gasteiger charge is 2.49. The standard InChI is InChI=1S/C59H59BN2/c1-37-28-53-55-54(29-37)62(50-34-46-44(30-38(50)2)56(3,4)26-27-57(46,5)6)52-35-47-45(58(7,8)36-59(47,9)10)33-49(52)60(55)48-25-24-42(40-20-15-12-16-21-40)32-51(48)61(53)43-23-17-22-41(31-43)39-18-13-11-14-19-39/h11-25,28-35H,26-27,36H2,1-10H3. The van der Waals surface area contributed by atoms with E-state index in [1.54, 1.807) is 0 Å². The Kier molecular flexibility index (Phi) is 8.42. The molecule has 62 heavy (non-hydrogen) atoms. The molecule has 0 bridgehead atoms. The molecule has 2 aliphatic carbocycles. The lowest BCUT2D eigenvalue weighted by molar-refractivity contribution is 0.332. The molecule has 308 valence electrons. The van der Waals surface area contributed by atoms with Gasteiger partial charge in [-0.15, -0.1) is 0 Å². The molecule has 2 aliphatic heterocycles. The quantitative estimate of drug-likeness (QED) is 0.164. The highest BCUT2D eigenvalue weighted by Crippen LogP contribution is 2.54. The second kappa shape index (κ2) is 13.4. The molecule has 7 aromatic rings. The van der Waals surface area contributed by atoms with Gasteiger partial charge in [-0.05, 0) is 169 Å². The normalized spacial score (nSPS) is 18.1. The van der Waals surface area contributed by atoms with Crippen LogP contribution in [0.15, 0.2) is 140 Å². The van der Waals surface area contributed by atoms with Crippen molar-refractivity contribution in [1.29, 1.82) is 0 Å². The third-order valence-corrected chi connectivity index (χ3v) is 15.4. The summed E-state index contributed by atoms with van der Waals surface area (Å²) < 4.78 is 0. The van der Waals surface area contributed by atoms with Gasteiger partial charge in [0.1, 0.15) is 0 Å². The second-order valence-corrected chi connectivity index (χ2v) is 21.7. The van der Waals surface area contributed by atoms with Crippen molar-refractivity contribution in [2.24, 2.45) is 0 Å². The van der Waals surface area contributed by atoms with Gasteiger partial charge in [-0.25, -0.2) is 0 Å². The monoisotopic (exact) mass is 806 g/mol. The largest absolute Gasteiger partial charge is 0.311 e. The molecule has 4 aliphatic rings. The van der Waals surface area contributed by atoms with Crippen LogP contribution in [-0.2, 0) is 21.7 Å². The number of hydrogen-bond donors (Lipinski definition) is 0. The van der Waals surface area contributed by atoms with E-state index in [-0.39, 0.29) is 28.4 Å². The number of fused-ring (bicyclic) bond motifs is 6. The Morgan fingerprint density at radius 1 is 0.403 bits per heavy atom. The molecule has 0 fully saturated rings. The topological polar surface area (TPSA) is 6.48 Å². The maximum absolute atomic E-state index is 2.70. The zero-order valence-electron chi connectivity index (χ0n) is 38.4. The molecule has 0 saturated heterocycles. The summed E-state index contributed by atoms with van der Waals surface area (Å²) in [6, 6.07) is 53.6. The summed E-state index contributed by atoms with van der Waals surface area (Å²) in [5.74, 6) is 0. The van der Waals surface area contributed by atoms with Crippen molar-refractivity contribution in [2.75, 3.05) is 9.80 Å². The lowest BCUT2D eigenvalue weighted by Gasteiger charge is -2.46. The first-order valence-electron chi connectivity index (χ1n) is 23.0. The molecule has 0 radical (unpaired) electrons. The average molecular weight is 807 g/mol. The Morgan fingerprint density at radius 3 is 1.56 bits per heavy atom. The van der Waals surface area contributed by atoms with Crippen LogP contribution in [0.5, 0.6) is 0 Å². The number of nitrogens with zero attached hydrogens (tertiary/aromatic N) is 2. The minimum atomic E-state index is 0.0540. The van der Waals surface area contributed by atoms with Gasteiger partial charge < -0.3 is 9.80 Å². The molecule has 0 N–H and O–H groups in total. The number of rotatable bonds is 4. The van der Waals surface area contributed by atoms with Gasteiger partial charge in [0, 0.05) is 34.1 Å². The van der Waals surface area contributed by atoms with Crippen molar-refractivity contribution < 1.29 is 0 Å². The van der Waals surface area contributed by atoms with Crippen molar-refractivity contribution in [2.45, 2.75) is 110 Å². The smallest absolute Gasteiger partial charge is 0.252 e. The van der Waals surface area contributed by atoms with Crippen LogP contribution in [-0.4, -0.2) is 6.71 Å². The van der Waals surface area contributed by atoms with Crippen LogP contribution < -0.4 is 26.2 Å². The van der Waals surface area contributed by atoms with Gasteiger partial charge in [0.05, 0.1) is 0 Å². The summed E-state index contributed by atoms with van der Waals surface area (Å²) >= 11 is 0. The fourth-order valence-electron chi connectivity index (χ4n) is 12.3. The molecular formula is C59H59BN2. The SMILES string of the molecule is Cc1cc2c3c(c1)N(c1cc4c(cc1C)C(C)(C)CCC4(C)C)c1cc4c(cc1B3c1ccc(-c3ccccc3)cc1N2c1cccc(-c2ccccc2)c1)C(C)(C)CC4(C)C. The fraction of sp³-hybridized carbons (Fsp3) is 0.288. The Bertz CT molecular complexity index is 2970. The lowest BCUT2D eigenvalue weighted by atomic mass is 9.33. The second-order valence-electron chi connectivity index (χ2n) is 21.7. The molecule has 0 atom stereocenters. The van der Waals surface area contributed by atoms with Crippen LogP contribution in [0.3, 0.4) is 0 Å². The van der Waals surface area contributed by atoms with Gasteiger partial charge in [-0.2, -0.15) is 0 Å². The maximum atomic E-state index is 2.70. The minimum absolute atomic E-state index is 0.0540. The summed E-state index contributed by atoms with van der Waals surface area (Å²) in [5, 5.41) is 0. The summed E-state index contributed by atoms with van der Waals surface area (Å²) in [6.07, 6.45) is 3.52. The Hall–Kier alpha value is -5.80. The number of anilines is 6. The molecule has 0 spiro atoms. The van der Waals surface area contributed by atoms with Crippen LogP contribution in [0, 0.1) is 13.8 Å². The van der Waals surface area contributed by atoms with Crippen molar-refractivity contribution in [3.63, 3.8) is 0 Å². The van der Waals surface area contributed by atoms with Crippen molar-refractivity contribution in [3.8, 4) is 22.3 Å². The first-order chi connectivity index (χ1) is 29.5.